The summed E-state index contributed by atoms with van der Waals surface area (Å²) in [5.74, 6) is 1.57. The molecular weight excluding hydrogens is 250 g/mol. The molecule has 2 unspecified atom stereocenters. The van der Waals surface area contributed by atoms with Gasteiger partial charge in [-0.3, -0.25) is 4.79 Å². The third-order valence-corrected chi connectivity index (χ3v) is 4.78. The van der Waals surface area contributed by atoms with Gasteiger partial charge in [0.2, 0.25) is 5.91 Å². The maximum Gasteiger partial charge on any atom is 0.234 e. The maximum absolute atomic E-state index is 11.8. The summed E-state index contributed by atoms with van der Waals surface area (Å²) in [6.07, 6.45) is 3.98. The van der Waals surface area contributed by atoms with Crippen LogP contribution in [0, 0.1) is 11.8 Å². The van der Waals surface area contributed by atoms with Crippen molar-refractivity contribution in [2.24, 2.45) is 11.8 Å². The molecule has 2 atom stereocenters. The zero-order chi connectivity index (χ0) is 14.7. The van der Waals surface area contributed by atoms with Gasteiger partial charge in [0.15, 0.2) is 0 Å². The zero-order valence-electron chi connectivity index (χ0n) is 13.5. The lowest BCUT2D eigenvalue weighted by Gasteiger charge is -2.49. The van der Waals surface area contributed by atoms with Gasteiger partial charge in [0.25, 0.3) is 0 Å². The van der Waals surface area contributed by atoms with Crippen LogP contribution in [0.3, 0.4) is 0 Å². The van der Waals surface area contributed by atoms with Crippen molar-refractivity contribution in [1.29, 1.82) is 0 Å². The molecule has 1 amide bonds. The fourth-order valence-corrected chi connectivity index (χ4v) is 3.81. The highest BCUT2D eigenvalue weighted by atomic mass is 16.1. The van der Waals surface area contributed by atoms with Crippen LogP contribution in [0.4, 0.5) is 0 Å². The van der Waals surface area contributed by atoms with Crippen LogP contribution in [0.5, 0.6) is 0 Å². The zero-order valence-corrected chi connectivity index (χ0v) is 13.5. The van der Waals surface area contributed by atoms with E-state index in [4.69, 9.17) is 0 Å². The molecule has 0 radical (unpaired) electrons. The van der Waals surface area contributed by atoms with E-state index in [1.807, 2.05) is 13.8 Å². The SMILES string of the molecule is CC(C)NC(=O)CNC1C2CCCC1CN(C(C)C)C2. The van der Waals surface area contributed by atoms with Gasteiger partial charge in [0, 0.05) is 31.2 Å². The number of hydrogen-bond acceptors (Lipinski definition) is 3. The van der Waals surface area contributed by atoms with E-state index in [1.165, 1.54) is 32.4 Å². The number of likely N-dealkylation sites (tertiary alicyclic amines) is 1. The first-order valence-electron chi connectivity index (χ1n) is 8.24. The van der Waals surface area contributed by atoms with Crippen molar-refractivity contribution in [3.63, 3.8) is 0 Å². The molecule has 0 spiro atoms. The molecule has 116 valence electrons. The molecule has 2 fully saturated rings. The number of nitrogens with one attached hydrogen (secondary N) is 2. The van der Waals surface area contributed by atoms with Crippen molar-refractivity contribution < 1.29 is 4.79 Å². The fraction of sp³-hybridized carbons (Fsp3) is 0.938. The number of rotatable bonds is 5. The molecule has 0 aromatic rings. The summed E-state index contributed by atoms with van der Waals surface area (Å²) in [6, 6.07) is 1.41. The molecule has 4 nitrogen and oxygen atoms in total. The Bertz CT molecular complexity index is 316. The van der Waals surface area contributed by atoms with Gasteiger partial charge in [-0.05, 0) is 52.4 Å². The minimum absolute atomic E-state index is 0.129. The van der Waals surface area contributed by atoms with Crippen molar-refractivity contribution in [1.82, 2.24) is 15.5 Å². The summed E-state index contributed by atoms with van der Waals surface area (Å²) in [4.78, 5) is 14.4. The fourth-order valence-electron chi connectivity index (χ4n) is 3.81. The smallest absolute Gasteiger partial charge is 0.234 e. The van der Waals surface area contributed by atoms with E-state index in [-0.39, 0.29) is 11.9 Å². The molecule has 2 aliphatic rings. The number of carbonyl (C=O) groups is 1. The van der Waals surface area contributed by atoms with E-state index in [9.17, 15) is 4.79 Å². The highest BCUT2D eigenvalue weighted by Gasteiger charge is 2.39. The van der Waals surface area contributed by atoms with E-state index >= 15 is 0 Å². The van der Waals surface area contributed by atoms with Crippen LogP contribution < -0.4 is 10.6 Å². The molecule has 2 bridgehead atoms. The van der Waals surface area contributed by atoms with Gasteiger partial charge in [-0.15, -0.1) is 0 Å². The second kappa shape index (κ2) is 6.90. The topological polar surface area (TPSA) is 44.4 Å². The molecule has 1 saturated carbocycles. The van der Waals surface area contributed by atoms with Crippen LogP contribution in [0.15, 0.2) is 0 Å². The molecule has 0 aromatic heterocycles. The predicted octanol–water partition coefficient (Wildman–Crippen LogP) is 1.61. The normalized spacial score (nSPS) is 30.8. The second-order valence-corrected chi connectivity index (χ2v) is 7.13. The van der Waals surface area contributed by atoms with Gasteiger partial charge < -0.3 is 15.5 Å². The lowest BCUT2D eigenvalue weighted by molar-refractivity contribution is -0.121. The molecule has 2 N–H and O–H groups in total. The number of nitrogens with zero attached hydrogens (tertiary/aromatic N) is 1. The summed E-state index contributed by atoms with van der Waals surface area (Å²) >= 11 is 0. The first kappa shape index (κ1) is 15.8. The number of amides is 1. The maximum atomic E-state index is 11.8. The first-order chi connectivity index (χ1) is 9.47. The van der Waals surface area contributed by atoms with Crippen molar-refractivity contribution in [3.05, 3.63) is 0 Å². The van der Waals surface area contributed by atoms with Crippen LogP contribution in [0.1, 0.15) is 47.0 Å². The molecule has 20 heavy (non-hydrogen) atoms. The van der Waals surface area contributed by atoms with Crippen LogP contribution in [0.25, 0.3) is 0 Å². The average molecular weight is 281 g/mol. The molecule has 1 aliphatic heterocycles. The third-order valence-electron chi connectivity index (χ3n) is 4.78. The minimum Gasteiger partial charge on any atom is -0.353 e. The minimum atomic E-state index is 0.129. The Kier molecular flexibility index (Phi) is 5.44. The highest BCUT2D eigenvalue weighted by molar-refractivity contribution is 5.78. The third kappa shape index (κ3) is 3.95. The van der Waals surface area contributed by atoms with Crippen molar-refractivity contribution >= 4 is 5.91 Å². The number of fused-ring (bicyclic) bond motifs is 2. The Labute approximate surface area is 123 Å². The van der Waals surface area contributed by atoms with E-state index in [2.05, 4.69) is 29.4 Å². The molecule has 4 heteroatoms. The average Bonchev–Trinajstić information content (AvgIpc) is 2.34. The van der Waals surface area contributed by atoms with Gasteiger partial charge in [-0.1, -0.05) is 6.42 Å². The number of carbonyl (C=O) groups excluding carboxylic acids is 1. The molecule has 1 saturated heterocycles. The summed E-state index contributed by atoms with van der Waals surface area (Å²) in [5.41, 5.74) is 0. The lowest BCUT2D eigenvalue weighted by Crippen LogP contribution is -2.59. The van der Waals surface area contributed by atoms with Gasteiger partial charge >= 0.3 is 0 Å². The van der Waals surface area contributed by atoms with Crippen molar-refractivity contribution in [2.75, 3.05) is 19.6 Å². The van der Waals surface area contributed by atoms with Crippen LogP contribution >= 0.6 is 0 Å². The van der Waals surface area contributed by atoms with E-state index < -0.39 is 0 Å². The van der Waals surface area contributed by atoms with E-state index in [0.29, 0.717) is 18.6 Å². The predicted molar refractivity (Wildman–Crippen MR) is 82.6 cm³/mol. The molecular formula is C16H31N3O. The summed E-state index contributed by atoms with van der Waals surface area (Å²) in [6.45, 7) is 11.5. The molecule has 0 aromatic carbocycles. The van der Waals surface area contributed by atoms with Gasteiger partial charge in [0.05, 0.1) is 6.54 Å². The van der Waals surface area contributed by atoms with Crippen molar-refractivity contribution in [2.45, 2.75) is 65.1 Å². The number of hydrogen-bond donors (Lipinski definition) is 2. The molecule has 2 rings (SSSR count). The highest BCUT2D eigenvalue weighted by Crippen LogP contribution is 2.35. The van der Waals surface area contributed by atoms with E-state index in [1.54, 1.807) is 0 Å². The Morgan fingerprint density at radius 3 is 2.25 bits per heavy atom. The summed E-state index contributed by atoms with van der Waals surface area (Å²) in [7, 11) is 0. The number of piperidine rings is 1. The Balaban J connectivity index is 1.87. The first-order valence-corrected chi connectivity index (χ1v) is 8.24. The van der Waals surface area contributed by atoms with Gasteiger partial charge in [-0.25, -0.2) is 0 Å². The summed E-state index contributed by atoms with van der Waals surface area (Å²) in [5, 5.41) is 6.51. The monoisotopic (exact) mass is 281 g/mol. The Morgan fingerprint density at radius 2 is 1.75 bits per heavy atom. The van der Waals surface area contributed by atoms with Crippen LogP contribution in [0.2, 0.25) is 0 Å². The van der Waals surface area contributed by atoms with Gasteiger partial charge in [0.1, 0.15) is 0 Å². The van der Waals surface area contributed by atoms with E-state index in [0.717, 1.165) is 11.8 Å². The second-order valence-electron chi connectivity index (χ2n) is 7.13. The van der Waals surface area contributed by atoms with Gasteiger partial charge in [-0.2, -0.15) is 0 Å². The standard InChI is InChI=1S/C16H31N3O/c1-11(2)18-15(20)8-17-16-13-6-5-7-14(16)10-19(9-13)12(3)4/h11-14,16-17H,5-10H2,1-4H3,(H,18,20). The van der Waals surface area contributed by atoms with Crippen LogP contribution in [-0.2, 0) is 4.79 Å². The molecule has 1 heterocycles. The van der Waals surface area contributed by atoms with Crippen molar-refractivity contribution in [3.8, 4) is 0 Å². The molecule has 1 aliphatic carbocycles. The quantitative estimate of drug-likeness (QED) is 0.805. The lowest BCUT2D eigenvalue weighted by atomic mass is 9.73. The van der Waals surface area contributed by atoms with Crippen LogP contribution in [-0.4, -0.2) is 48.6 Å². The Hall–Kier alpha value is -0.610. The summed E-state index contributed by atoms with van der Waals surface area (Å²) < 4.78 is 0. The largest absolute Gasteiger partial charge is 0.353 e. The Morgan fingerprint density at radius 1 is 1.15 bits per heavy atom.